The Hall–Kier alpha value is -1.85. The van der Waals surface area contributed by atoms with E-state index in [2.05, 4.69) is 25.3 Å². The van der Waals surface area contributed by atoms with Crippen LogP contribution in [0.1, 0.15) is 80.8 Å². The number of carbonyl (C=O) groups is 2. The maximum atomic E-state index is 13.5. The summed E-state index contributed by atoms with van der Waals surface area (Å²) in [6.07, 6.45) is 7.83. The van der Waals surface area contributed by atoms with Crippen molar-refractivity contribution in [3.63, 3.8) is 0 Å². The third kappa shape index (κ3) is 6.35. The highest BCUT2D eigenvalue weighted by atomic mass is 35.5. The lowest BCUT2D eigenvalue weighted by molar-refractivity contribution is -0.141. The Kier molecular flexibility index (Phi) is 9.61. The summed E-state index contributed by atoms with van der Waals surface area (Å²) in [7, 11) is 0. The van der Waals surface area contributed by atoms with Gasteiger partial charge in [0, 0.05) is 29.4 Å². The zero-order chi connectivity index (χ0) is 22.9. The summed E-state index contributed by atoms with van der Waals surface area (Å²) in [5, 5.41) is 2.79. The van der Waals surface area contributed by atoms with E-state index in [0.717, 1.165) is 31.2 Å². The molecule has 0 aliphatic carbocycles. The highest BCUT2D eigenvalue weighted by molar-refractivity contribution is 7.10. The van der Waals surface area contributed by atoms with Crippen molar-refractivity contribution in [3.8, 4) is 0 Å². The topological polar surface area (TPSA) is 40.6 Å². The SMILES string of the molecule is CCCCCCCC(=O)N(CCC)CC(=O)N1CCc2sccc2C1c1ccc(Cl)cc1. The minimum atomic E-state index is -0.123. The van der Waals surface area contributed by atoms with E-state index in [4.69, 9.17) is 11.6 Å². The number of benzene rings is 1. The molecule has 1 aliphatic rings. The molecular weight excluding hydrogens is 440 g/mol. The van der Waals surface area contributed by atoms with Crippen molar-refractivity contribution in [3.05, 3.63) is 56.7 Å². The fourth-order valence-electron chi connectivity index (χ4n) is 4.44. The number of carbonyl (C=O) groups excluding carboxylic acids is 2. The molecule has 0 spiro atoms. The Morgan fingerprint density at radius 3 is 2.53 bits per heavy atom. The number of amides is 2. The van der Waals surface area contributed by atoms with Gasteiger partial charge in [-0.3, -0.25) is 9.59 Å². The quantitative estimate of drug-likeness (QED) is 0.350. The van der Waals surface area contributed by atoms with Crippen LogP contribution >= 0.6 is 22.9 Å². The summed E-state index contributed by atoms with van der Waals surface area (Å²) in [6.45, 7) is 5.70. The number of rotatable bonds is 11. The Morgan fingerprint density at radius 1 is 1.06 bits per heavy atom. The van der Waals surface area contributed by atoms with Crippen molar-refractivity contribution < 1.29 is 9.59 Å². The van der Waals surface area contributed by atoms with Crippen LogP contribution < -0.4 is 0 Å². The van der Waals surface area contributed by atoms with Crippen LogP contribution in [0.15, 0.2) is 35.7 Å². The van der Waals surface area contributed by atoms with Crippen LogP contribution in [-0.2, 0) is 16.0 Å². The normalized spacial score (nSPS) is 15.5. The summed E-state index contributed by atoms with van der Waals surface area (Å²) in [4.78, 5) is 31.4. The van der Waals surface area contributed by atoms with Gasteiger partial charge in [0.25, 0.3) is 0 Å². The molecule has 0 radical (unpaired) electrons. The van der Waals surface area contributed by atoms with E-state index in [9.17, 15) is 9.59 Å². The minimum Gasteiger partial charge on any atom is -0.333 e. The molecule has 6 heteroatoms. The first kappa shape index (κ1) is 24.8. The first-order chi connectivity index (χ1) is 15.5. The Morgan fingerprint density at radius 2 is 1.81 bits per heavy atom. The lowest BCUT2D eigenvalue weighted by Gasteiger charge is -2.37. The number of fused-ring (bicyclic) bond motifs is 1. The van der Waals surface area contributed by atoms with E-state index in [1.54, 1.807) is 16.2 Å². The van der Waals surface area contributed by atoms with E-state index in [0.29, 0.717) is 24.5 Å². The molecule has 2 heterocycles. The fourth-order valence-corrected chi connectivity index (χ4v) is 5.47. The van der Waals surface area contributed by atoms with Gasteiger partial charge in [-0.05, 0) is 54.0 Å². The summed E-state index contributed by atoms with van der Waals surface area (Å²) in [5.41, 5.74) is 2.26. The third-order valence-corrected chi connectivity index (χ3v) is 7.39. The zero-order valence-electron chi connectivity index (χ0n) is 19.3. The molecule has 1 aromatic heterocycles. The molecule has 2 aromatic rings. The van der Waals surface area contributed by atoms with Crippen molar-refractivity contribution in [1.29, 1.82) is 0 Å². The van der Waals surface area contributed by atoms with Gasteiger partial charge < -0.3 is 9.80 Å². The number of thiophene rings is 1. The number of hydrogen-bond donors (Lipinski definition) is 0. The highest BCUT2D eigenvalue weighted by Crippen LogP contribution is 2.38. The van der Waals surface area contributed by atoms with Gasteiger partial charge in [0.05, 0.1) is 12.6 Å². The van der Waals surface area contributed by atoms with Crippen molar-refractivity contribution >= 4 is 34.8 Å². The van der Waals surface area contributed by atoms with E-state index in [1.807, 2.05) is 29.2 Å². The molecule has 0 saturated carbocycles. The predicted octanol–water partition coefficient (Wildman–Crippen LogP) is 6.47. The van der Waals surface area contributed by atoms with Gasteiger partial charge >= 0.3 is 0 Å². The summed E-state index contributed by atoms with van der Waals surface area (Å²) in [5.74, 6) is 0.127. The molecule has 0 bridgehead atoms. The molecule has 1 aromatic carbocycles. The summed E-state index contributed by atoms with van der Waals surface area (Å²) in [6, 6.07) is 9.78. The molecule has 2 amide bonds. The molecule has 32 heavy (non-hydrogen) atoms. The van der Waals surface area contributed by atoms with Crippen molar-refractivity contribution in [2.24, 2.45) is 0 Å². The Bertz CT molecular complexity index is 880. The number of hydrogen-bond acceptors (Lipinski definition) is 3. The van der Waals surface area contributed by atoms with Crippen molar-refractivity contribution in [2.75, 3.05) is 19.6 Å². The van der Waals surface area contributed by atoms with Crippen molar-refractivity contribution in [1.82, 2.24) is 9.80 Å². The standard InChI is InChI=1S/C26H35ClN2O2S/c1-3-5-6-7-8-9-24(30)28(16-4-2)19-25(31)29-17-14-23-22(15-18-32-23)26(29)20-10-12-21(27)13-11-20/h10-13,15,18,26H,3-9,14,16-17,19H2,1-2H3. The Balaban J connectivity index is 1.72. The van der Waals surface area contributed by atoms with E-state index in [1.165, 1.54) is 29.7 Å². The van der Waals surface area contributed by atoms with E-state index in [-0.39, 0.29) is 24.4 Å². The van der Waals surface area contributed by atoms with Crippen LogP contribution in [-0.4, -0.2) is 41.2 Å². The molecule has 1 aliphatic heterocycles. The van der Waals surface area contributed by atoms with Gasteiger partial charge in [-0.25, -0.2) is 0 Å². The molecule has 1 atom stereocenters. The first-order valence-corrected chi connectivity index (χ1v) is 13.2. The maximum absolute atomic E-state index is 13.5. The van der Waals surface area contributed by atoms with Crippen molar-refractivity contribution in [2.45, 2.75) is 71.3 Å². The first-order valence-electron chi connectivity index (χ1n) is 11.9. The monoisotopic (exact) mass is 474 g/mol. The lowest BCUT2D eigenvalue weighted by Crippen LogP contribution is -2.47. The Labute approximate surface area is 201 Å². The van der Waals surface area contributed by atoms with Crippen LogP contribution in [0.4, 0.5) is 0 Å². The van der Waals surface area contributed by atoms with Gasteiger partial charge in [0.2, 0.25) is 11.8 Å². The van der Waals surface area contributed by atoms with Crippen LogP contribution in [0.25, 0.3) is 0 Å². The molecule has 0 fully saturated rings. The molecular formula is C26H35ClN2O2S. The number of halogens is 1. The average molecular weight is 475 g/mol. The second-order valence-corrected chi connectivity index (χ2v) is 10.0. The number of nitrogens with zero attached hydrogens (tertiary/aromatic N) is 2. The molecule has 0 saturated heterocycles. The molecule has 4 nitrogen and oxygen atoms in total. The molecule has 0 N–H and O–H groups in total. The minimum absolute atomic E-state index is 0.0228. The second kappa shape index (κ2) is 12.4. The smallest absolute Gasteiger partial charge is 0.242 e. The lowest BCUT2D eigenvalue weighted by atomic mass is 9.93. The summed E-state index contributed by atoms with van der Waals surface area (Å²) >= 11 is 7.87. The maximum Gasteiger partial charge on any atom is 0.242 e. The zero-order valence-corrected chi connectivity index (χ0v) is 20.9. The van der Waals surface area contributed by atoms with Crippen LogP contribution in [0, 0.1) is 0 Å². The van der Waals surface area contributed by atoms with Crippen LogP contribution in [0.5, 0.6) is 0 Å². The van der Waals surface area contributed by atoms with E-state index >= 15 is 0 Å². The van der Waals surface area contributed by atoms with E-state index < -0.39 is 0 Å². The summed E-state index contributed by atoms with van der Waals surface area (Å²) < 4.78 is 0. The largest absolute Gasteiger partial charge is 0.333 e. The van der Waals surface area contributed by atoms with Gasteiger partial charge in [-0.15, -0.1) is 11.3 Å². The van der Waals surface area contributed by atoms with Crippen LogP contribution in [0.3, 0.4) is 0 Å². The molecule has 1 unspecified atom stereocenters. The third-order valence-electron chi connectivity index (χ3n) is 6.14. The van der Waals surface area contributed by atoms with Gasteiger partial charge in [0.15, 0.2) is 0 Å². The van der Waals surface area contributed by atoms with Gasteiger partial charge in [0.1, 0.15) is 0 Å². The van der Waals surface area contributed by atoms with Gasteiger partial charge in [-0.1, -0.05) is 63.3 Å². The van der Waals surface area contributed by atoms with Gasteiger partial charge in [-0.2, -0.15) is 0 Å². The highest BCUT2D eigenvalue weighted by Gasteiger charge is 2.33. The molecule has 174 valence electrons. The average Bonchev–Trinajstić information content (AvgIpc) is 3.27. The second-order valence-electron chi connectivity index (χ2n) is 8.57. The predicted molar refractivity (Wildman–Crippen MR) is 133 cm³/mol. The number of unbranched alkanes of at least 4 members (excludes halogenated alkanes) is 4. The van der Waals surface area contributed by atoms with Crippen LogP contribution in [0.2, 0.25) is 5.02 Å². The fraction of sp³-hybridized carbons (Fsp3) is 0.538. The molecule has 3 rings (SSSR count).